The molecular formula is C20H19ClN2O3. The van der Waals surface area contributed by atoms with Gasteiger partial charge in [-0.15, -0.1) is 0 Å². The van der Waals surface area contributed by atoms with Crippen LogP contribution in [0.1, 0.15) is 24.6 Å². The summed E-state index contributed by atoms with van der Waals surface area (Å²) in [5.74, 6) is 1.07. The SMILES string of the molecule is CCCOc1c(Cl)cc(/C=C/c2nc3ccccc3[nH]c2=O)cc1OC. The van der Waals surface area contributed by atoms with Gasteiger partial charge < -0.3 is 14.5 Å². The first-order chi connectivity index (χ1) is 12.6. The van der Waals surface area contributed by atoms with Gasteiger partial charge in [0.15, 0.2) is 11.5 Å². The maximum absolute atomic E-state index is 12.2. The van der Waals surface area contributed by atoms with Gasteiger partial charge in [0.1, 0.15) is 5.69 Å². The van der Waals surface area contributed by atoms with Crippen LogP contribution in [0.25, 0.3) is 23.2 Å². The minimum atomic E-state index is -0.249. The quantitative estimate of drug-likeness (QED) is 0.691. The first kappa shape index (κ1) is 18.0. The van der Waals surface area contributed by atoms with Crippen molar-refractivity contribution in [2.45, 2.75) is 13.3 Å². The van der Waals surface area contributed by atoms with E-state index in [1.807, 2.05) is 37.3 Å². The van der Waals surface area contributed by atoms with Gasteiger partial charge in [0.05, 0.1) is 29.8 Å². The number of methoxy groups -OCH3 is 1. The van der Waals surface area contributed by atoms with Crippen LogP contribution < -0.4 is 15.0 Å². The third-order valence-electron chi connectivity index (χ3n) is 3.76. The molecule has 0 aliphatic carbocycles. The first-order valence-corrected chi connectivity index (χ1v) is 8.67. The number of rotatable bonds is 6. The van der Waals surface area contributed by atoms with Crippen molar-refractivity contribution < 1.29 is 9.47 Å². The number of aromatic nitrogens is 2. The van der Waals surface area contributed by atoms with Crippen molar-refractivity contribution in [3.63, 3.8) is 0 Å². The molecule has 0 amide bonds. The van der Waals surface area contributed by atoms with E-state index in [0.29, 0.717) is 34.3 Å². The Kier molecular flexibility index (Phi) is 5.58. The lowest BCUT2D eigenvalue weighted by atomic mass is 10.1. The highest BCUT2D eigenvalue weighted by Crippen LogP contribution is 2.37. The predicted molar refractivity (Wildman–Crippen MR) is 105 cm³/mol. The largest absolute Gasteiger partial charge is 0.493 e. The Hall–Kier alpha value is -2.79. The van der Waals surface area contributed by atoms with Crippen LogP contribution in [0, 0.1) is 0 Å². The Morgan fingerprint density at radius 3 is 2.81 bits per heavy atom. The average Bonchev–Trinajstić information content (AvgIpc) is 2.65. The molecule has 5 nitrogen and oxygen atoms in total. The van der Waals surface area contributed by atoms with E-state index in [1.54, 1.807) is 25.3 Å². The van der Waals surface area contributed by atoms with Gasteiger partial charge in [-0.25, -0.2) is 4.98 Å². The Balaban J connectivity index is 1.94. The molecule has 1 aromatic heterocycles. The number of para-hydroxylation sites is 2. The molecule has 0 spiro atoms. The molecule has 0 aliphatic rings. The summed E-state index contributed by atoms with van der Waals surface area (Å²) in [4.78, 5) is 19.4. The minimum absolute atomic E-state index is 0.249. The standard InChI is InChI=1S/C20H19ClN2O3/c1-3-10-26-19-14(21)11-13(12-18(19)25-2)8-9-17-20(24)23-16-7-5-4-6-15(16)22-17/h4-9,11-12H,3,10H2,1-2H3,(H,23,24)/b9-8+. The molecule has 0 unspecified atom stereocenters. The lowest BCUT2D eigenvalue weighted by Gasteiger charge is -2.12. The van der Waals surface area contributed by atoms with Crippen LogP contribution in [-0.2, 0) is 0 Å². The molecule has 0 saturated heterocycles. The second-order valence-corrected chi connectivity index (χ2v) is 6.09. The van der Waals surface area contributed by atoms with Gasteiger partial charge in [-0.05, 0) is 42.3 Å². The topological polar surface area (TPSA) is 64.2 Å². The van der Waals surface area contributed by atoms with Gasteiger partial charge in [0.2, 0.25) is 0 Å². The Bertz CT molecular complexity index is 1010. The van der Waals surface area contributed by atoms with E-state index in [9.17, 15) is 4.79 Å². The van der Waals surface area contributed by atoms with Crippen LogP contribution in [0.3, 0.4) is 0 Å². The second kappa shape index (κ2) is 8.06. The van der Waals surface area contributed by atoms with Crippen LogP contribution in [-0.4, -0.2) is 23.7 Å². The van der Waals surface area contributed by atoms with Gasteiger partial charge in [0, 0.05) is 0 Å². The number of ether oxygens (including phenoxy) is 2. The number of nitrogens with zero attached hydrogens (tertiary/aromatic N) is 1. The molecular weight excluding hydrogens is 352 g/mol. The monoisotopic (exact) mass is 370 g/mol. The van der Waals surface area contributed by atoms with Gasteiger partial charge in [-0.1, -0.05) is 36.7 Å². The molecule has 6 heteroatoms. The lowest BCUT2D eigenvalue weighted by molar-refractivity contribution is 0.294. The molecule has 26 heavy (non-hydrogen) atoms. The number of halogens is 1. The van der Waals surface area contributed by atoms with Crippen molar-refractivity contribution in [1.82, 2.24) is 9.97 Å². The van der Waals surface area contributed by atoms with Crippen molar-refractivity contribution in [3.8, 4) is 11.5 Å². The smallest absolute Gasteiger partial charge is 0.274 e. The number of fused-ring (bicyclic) bond motifs is 1. The molecule has 0 bridgehead atoms. The normalized spacial score (nSPS) is 11.2. The fraction of sp³-hybridized carbons (Fsp3) is 0.200. The molecule has 0 fully saturated rings. The molecule has 134 valence electrons. The van der Waals surface area contributed by atoms with E-state index < -0.39 is 0 Å². The summed E-state index contributed by atoms with van der Waals surface area (Å²) < 4.78 is 11.0. The molecule has 1 heterocycles. The van der Waals surface area contributed by atoms with E-state index in [2.05, 4.69) is 9.97 Å². The second-order valence-electron chi connectivity index (χ2n) is 5.68. The van der Waals surface area contributed by atoms with Gasteiger partial charge in [-0.2, -0.15) is 0 Å². The highest BCUT2D eigenvalue weighted by atomic mass is 35.5. The lowest BCUT2D eigenvalue weighted by Crippen LogP contribution is -2.11. The average molecular weight is 371 g/mol. The summed E-state index contributed by atoms with van der Waals surface area (Å²) in [6.45, 7) is 2.58. The molecule has 3 aromatic rings. The first-order valence-electron chi connectivity index (χ1n) is 8.30. The maximum Gasteiger partial charge on any atom is 0.274 e. The van der Waals surface area contributed by atoms with E-state index in [1.165, 1.54) is 0 Å². The Morgan fingerprint density at radius 2 is 2.04 bits per heavy atom. The molecule has 0 atom stereocenters. The van der Waals surface area contributed by atoms with Crippen molar-refractivity contribution >= 4 is 34.8 Å². The maximum atomic E-state index is 12.2. The summed E-state index contributed by atoms with van der Waals surface area (Å²) in [5.41, 5.74) is 2.29. The minimum Gasteiger partial charge on any atom is -0.493 e. The van der Waals surface area contributed by atoms with Crippen LogP contribution >= 0.6 is 11.6 Å². The summed E-state index contributed by atoms with van der Waals surface area (Å²) in [6, 6.07) is 11.0. The zero-order valence-electron chi connectivity index (χ0n) is 14.6. The zero-order valence-corrected chi connectivity index (χ0v) is 15.3. The number of benzene rings is 2. The van der Waals surface area contributed by atoms with Crippen LogP contribution in [0.15, 0.2) is 41.2 Å². The Labute approximate surface area is 156 Å². The molecule has 0 aliphatic heterocycles. The van der Waals surface area contributed by atoms with Crippen molar-refractivity contribution in [1.29, 1.82) is 0 Å². The van der Waals surface area contributed by atoms with E-state index >= 15 is 0 Å². The molecule has 3 rings (SSSR count). The number of hydrogen-bond acceptors (Lipinski definition) is 4. The van der Waals surface area contributed by atoms with Crippen molar-refractivity contribution in [2.75, 3.05) is 13.7 Å². The number of hydrogen-bond donors (Lipinski definition) is 1. The fourth-order valence-electron chi connectivity index (χ4n) is 2.51. The van der Waals surface area contributed by atoms with Gasteiger partial charge in [0.25, 0.3) is 5.56 Å². The third kappa shape index (κ3) is 3.89. The van der Waals surface area contributed by atoms with Crippen LogP contribution in [0.5, 0.6) is 11.5 Å². The van der Waals surface area contributed by atoms with E-state index in [0.717, 1.165) is 17.5 Å². The Morgan fingerprint density at radius 1 is 1.23 bits per heavy atom. The molecule has 0 saturated carbocycles. The third-order valence-corrected chi connectivity index (χ3v) is 4.04. The summed E-state index contributed by atoms with van der Waals surface area (Å²) >= 11 is 6.32. The van der Waals surface area contributed by atoms with Crippen molar-refractivity contribution in [2.24, 2.45) is 0 Å². The van der Waals surface area contributed by atoms with Crippen LogP contribution in [0.4, 0.5) is 0 Å². The molecule has 0 radical (unpaired) electrons. The number of aromatic amines is 1. The van der Waals surface area contributed by atoms with Crippen LogP contribution in [0.2, 0.25) is 5.02 Å². The zero-order chi connectivity index (χ0) is 18.5. The molecule has 1 N–H and O–H groups in total. The number of H-pyrrole nitrogens is 1. The fourth-order valence-corrected chi connectivity index (χ4v) is 2.79. The molecule has 2 aromatic carbocycles. The summed E-state index contributed by atoms with van der Waals surface area (Å²) in [5, 5.41) is 0.456. The highest BCUT2D eigenvalue weighted by molar-refractivity contribution is 6.32. The van der Waals surface area contributed by atoms with Gasteiger partial charge >= 0.3 is 0 Å². The van der Waals surface area contributed by atoms with Gasteiger partial charge in [-0.3, -0.25) is 4.79 Å². The summed E-state index contributed by atoms with van der Waals surface area (Å²) in [6.07, 6.45) is 4.30. The van der Waals surface area contributed by atoms with Crippen molar-refractivity contribution in [3.05, 3.63) is 63.0 Å². The summed E-state index contributed by atoms with van der Waals surface area (Å²) in [7, 11) is 1.56. The predicted octanol–water partition coefficient (Wildman–Crippen LogP) is 4.54. The van der Waals surface area contributed by atoms with E-state index in [4.69, 9.17) is 21.1 Å². The number of nitrogens with one attached hydrogen (secondary N) is 1. The highest BCUT2D eigenvalue weighted by Gasteiger charge is 2.11. The van der Waals surface area contributed by atoms with E-state index in [-0.39, 0.29) is 5.56 Å².